The van der Waals surface area contributed by atoms with E-state index in [1.807, 2.05) is 0 Å². The van der Waals surface area contributed by atoms with Crippen LogP contribution in [0.1, 0.15) is 12.1 Å². The Morgan fingerprint density at radius 1 is 1.37 bits per heavy atom. The van der Waals surface area contributed by atoms with Crippen molar-refractivity contribution in [2.24, 2.45) is 7.05 Å². The number of halogens is 1. The first-order chi connectivity index (χ1) is 12.8. The predicted octanol–water partition coefficient (Wildman–Crippen LogP) is 0.402. The number of aromatic nitrogens is 2. The van der Waals surface area contributed by atoms with E-state index in [9.17, 15) is 14.4 Å². The summed E-state index contributed by atoms with van der Waals surface area (Å²) in [6, 6.07) is 5.81. The largest absolute Gasteiger partial charge is 0.431 e. The minimum absolute atomic E-state index is 0.0378. The van der Waals surface area contributed by atoms with Crippen molar-refractivity contribution >= 4 is 46.4 Å². The predicted molar refractivity (Wildman–Crippen MR) is 99.9 cm³/mol. The van der Waals surface area contributed by atoms with E-state index in [-0.39, 0.29) is 35.6 Å². The Balaban J connectivity index is 1.77. The van der Waals surface area contributed by atoms with Gasteiger partial charge in [0.15, 0.2) is 12.2 Å². The summed E-state index contributed by atoms with van der Waals surface area (Å²) in [7, 11) is 3.14. The molecule has 2 amide bonds. The van der Waals surface area contributed by atoms with E-state index in [1.54, 1.807) is 36.2 Å². The highest BCUT2D eigenvalue weighted by atomic mass is 35.5. The van der Waals surface area contributed by atoms with Gasteiger partial charge in [0.1, 0.15) is 12.6 Å². The van der Waals surface area contributed by atoms with Gasteiger partial charge in [-0.15, -0.1) is 0 Å². The zero-order valence-corrected chi connectivity index (χ0v) is 16.1. The molecular formula is C16H17ClN5O4S+. The van der Waals surface area contributed by atoms with E-state index < -0.39 is 11.7 Å². The first-order valence-electron chi connectivity index (χ1n) is 7.98. The fourth-order valence-corrected chi connectivity index (χ4v) is 3.17. The standard InChI is InChI=1S/C16H16ClN5O4S/c1-20-14(24)11(7-13(23)18-10-5-3-9(17)4-6-10)22(16(20)27)8-12-15(25)26-19-21(12)2/h3-6,11H,7-8H2,1-2H3,(H-,18,19,23,25)/p+1. The first kappa shape index (κ1) is 19.1. The van der Waals surface area contributed by atoms with Crippen LogP contribution in [0.5, 0.6) is 0 Å². The number of carbonyl (C=O) groups excluding carboxylic acids is 2. The molecular weight excluding hydrogens is 394 g/mol. The molecule has 1 saturated heterocycles. The molecule has 1 atom stereocenters. The van der Waals surface area contributed by atoms with Crippen LogP contribution in [0.25, 0.3) is 0 Å². The molecule has 11 heteroatoms. The average molecular weight is 411 g/mol. The van der Waals surface area contributed by atoms with Gasteiger partial charge in [0.25, 0.3) is 5.91 Å². The normalized spacial score (nSPS) is 16.9. The Bertz CT molecular complexity index is 954. The van der Waals surface area contributed by atoms with Crippen molar-refractivity contribution in [3.05, 3.63) is 45.4 Å². The third-order valence-electron chi connectivity index (χ3n) is 4.27. The van der Waals surface area contributed by atoms with Crippen LogP contribution >= 0.6 is 23.8 Å². The lowest BCUT2D eigenvalue weighted by atomic mass is 10.1. The van der Waals surface area contributed by atoms with Crippen LogP contribution in [0.15, 0.2) is 33.6 Å². The van der Waals surface area contributed by atoms with E-state index in [1.165, 1.54) is 16.6 Å². The molecule has 0 bridgehead atoms. The topological polar surface area (TPSA) is 103 Å². The average Bonchev–Trinajstić information content (AvgIpc) is 3.04. The molecule has 3 rings (SSSR count). The summed E-state index contributed by atoms with van der Waals surface area (Å²) in [5.74, 6) is -0.668. The molecule has 2 aromatic rings. The quantitative estimate of drug-likeness (QED) is 0.546. The van der Waals surface area contributed by atoms with E-state index >= 15 is 0 Å². The van der Waals surface area contributed by atoms with Gasteiger partial charge in [-0.05, 0) is 41.8 Å². The molecule has 0 radical (unpaired) electrons. The Morgan fingerprint density at radius 2 is 2.04 bits per heavy atom. The zero-order valence-electron chi connectivity index (χ0n) is 14.6. The number of hydrogen-bond acceptors (Lipinski definition) is 5. The summed E-state index contributed by atoms with van der Waals surface area (Å²) in [6.07, 6.45) is -0.120. The van der Waals surface area contributed by atoms with E-state index in [0.717, 1.165) is 0 Å². The molecule has 9 nitrogen and oxygen atoms in total. The maximum atomic E-state index is 12.5. The number of likely N-dealkylation sites (N-methyl/N-ethyl adjacent to an activating group) is 1. The fourth-order valence-electron chi connectivity index (χ4n) is 2.77. The number of carbonyl (C=O) groups is 2. The van der Waals surface area contributed by atoms with Gasteiger partial charge in [-0.25, -0.2) is 4.79 Å². The molecule has 1 fully saturated rings. The number of amides is 2. The summed E-state index contributed by atoms with van der Waals surface area (Å²) in [5, 5.41) is 5.92. The molecule has 1 unspecified atom stereocenters. The number of H-pyrrole nitrogens is 1. The minimum Gasteiger partial charge on any atom is -0.326 e. The molecule has 2 N–H and O–H groups in total. The van der Waals surface area contributed by atoms with Crippen LogP contribution in [-0.4, -0.2) is 45.1 Å². The molecule has 0 spiro atoms. The summed E-state index contributed by atoms with van der Waals surface area (Å²) in [6.45, 7) is 0.0378. The second-order valence-corrected chi connectivity index (χ2v) is 6.87. The van der Waals surface area contributed by atoms with Crippen LogP contribution in [0.2, 0.25) is 5.02 Å². The molecule has 1 aliphatic heterocycles. The van der Waals surface area contributed by atoms with Crippen molar-refractivity contribution in [1.29, 1.82) is 0 Å². The number of aryl methyl sites for hydroxylation is 1. The first-order valence-corrected chi connectivity index (χ1v) is 8.76. The lowest BCUT2D eigenvalue weighted by molar-refractivity contribution is -0.746. The lowest BCUT2D eigenvalue weighted by Crippen LogP contribution is -2.44. The third kappa shape index (κ3) is 3.86. The van der Waals surface area contributed by atoms with E-state index in [0.29, 0.717) is 10.7 Å². The zero-order chi connectivity index (χ0) is 19.7. The van der Waals surface area contributed by atoms with E-state index in [4.69, 9.17) is 28.3 Å². The van der Waals surface area contributed by atoms with Crippen LogP contribution in [0, 0.1) is 0 Å². The lowest BCUT2D eigenvalue weighted by Gasteiger charge is -2.21. The number of rotatable bonds is 5. The van der Waals surface area contributed by atoms with Crippen LogP contribution < -0.4 is 15.6 Å². The maximum Gasteiger partial charge on any atom is 0.431 e. The highest BCUT2D eigenvalue weighted by Crippen LogP contribution is 2.22. The van der Waals surface area contributed by atoms with Gasteiger partial charge in [-0.1, -0.05) is 16.3 Å². The van der Waals surface area contributed by atoms with Crippen molar-refractivity contribution in [2.75, 3.05) is 12.4 Å². The van der Waals surface area contributed by atoms with Crippen molar-refractivity contribution < 1.29 is 18.8 Å². The Kier molecular flexibility index (Phi) is 5.29. The number of aromatic amines is 1. The van der Waals surface area contributed by atoms with Crippen LogP contribution in [0.3, 0.4) is 0 Å². The summed E-state index contributed by atoms with van der Waals surface area (Å²) in [4.78, 5) is 39.6. The number of thiocarbonyl (C=S) groups is 1. The number of nitrogens with zero attached hydrogens (tertiary/aromatic N) is 3. The molecule has 2 heterocycles. The van der Waals surface area contributed by atoms with Crippen LogP contribution in [0.4, 0.5) is 5.69 Å². The smallest absolute Gasteiger partial charge is 0.326 e. The number of benzene rings is 1. The van der Waals surface area contributed by atoms with Gasteiger partial charge in [-0.2, -0.15) is 0 Å². The molecule has 0 aliphatic carbocycles. The number of nitrogens with one attached hydrogen (secondary N) is 2. The van der Waals surface area contributed by atoms with Gasteiger partial charge in [0.2, 0.25) is 5.91 Å². The van der Waals surface area contributed by atoms with Gasteiger partial charge >= 0.3 is 11.3 Å². The van der Waals surface area contributed by atoms with E-state index in [2.05, 4.69) is 10.6 Å². The third-order valence-corrected chi connectivity index (χ3v) is 5.03. The van der Waals surface area contributed by atoms with Gasteiger partial charge < -0.3 is 10.2 Å². The Labute approximate surface area is 164 Å². The van der Waals surface area contributed by atoms with Crippen molar-refractivity contribution in [2.45, 2.75) is 19.0 Å². The summed E-state index contributed by atoms with van der Waals surface area (Å²) in [5.41, 5.74) is 0.283. The van der Waals surface area contributed by atoms with Crippen LogP contribution in [-0.2, 0) is 23.2 Å². The Morgan fingerprint density at radius 3 is 2.63 bits per heavy atom. The number of anilines is 1. The highest BCUT2D eigenvalue weighted by Gasteiger charge is 2.43. The van der Waals surface area contributed by atoms with Crippen molar-refractivity contribution in [3.8, 4) is 0 Å². The number of hydrogen-bond donors (Lipinski definition) is 2. The molecule has 0 saturated carbocycles. The SMILES string of the molecule is CN1C(=O)C(CC(=O)Nc2ccc(Cl)cc2)N(Cc2c(=O)o[nH][n+]2C)C1=S. The summed E-state index contributed by atoms with van der Waals surface area (Å²) >= 11 is 11.1. The Hall–Kier alpha value is -2.72. The molecule has 27 heavy (non-hydrogen) atoms. The second kappa shape index (κ2) is 7.49. The van der Waals surface area contributed by atoms with Gasteiger partial charge in [0, 0.05) is 17.8 Å². The minimum atomic E-state index is -0.816. The molecule has 1 aromatic carbocycles. The van der Waals surface area contributed by atoms with Gasteiger partial charge in [-0.3, -0.25) is 19.0 Å². The van der Waals surface area contributed by atoms with Crippen molar-refractivity contribution in [1.82, 2.24) is 15.1 Å². The molecule has 1 aliphatic rings. The molecule has 1 aromatic heterocycles. The monoisotopic (exact) mass is 410 g/mol. The molecule has 142 valence electrons. The maximum absolute atomic E-state index is 12.5. The highest BCUT2D eigenvalue weighted by molar-refractivity contribution is 7.80. The van der Waals surface area contributed by atoms with Gasteiger partial charge in [0.05, 0.1) is 6.42 Å². The summed E-state index contributed by atoms with van der Waals surface area (Å²) < 4.78 is 6.12. The second-order valence-electron chi connectivity index (χ2n) is 6.07. The van der Waals surface area contributed by atoms with Crippen molar-refractivity contribution in [3.63, 3.8) is 0 Å². The fraction of sp³-hybridized carbons (Fsp3) is 0.312.